The summed E-state index contributed by atoms with van der Waals surface area (Å²) in [5.74, 6) is -1.02. The Bertz CT molecular complexity index is 840. The maximum Gasteiger partial charge on any atom is 0.354 e. The number of carbonyl (C=O) groups excluding carboxylic acids is 1. The molecule has 0 aromatic carbocycles. The molecule has 0 bridgehead atoms. The van der Waals surface area contributed by atoms with Gasteiger partial charge >= 0.3 is 5.97 Å². The summed E-state index contributed by atoms with van der Waals surface area (Å²) < 4.78 is 6.30. The lowest BCUT2D eigenvalue weighted by Crippen LogP contribution is -2.23. The minimum atomic E-state index is -1.16. The molecule has 1 amide bonds. The number of nitrogens with zero attached hydrogens (tertiary/aromatic N) is 4. The summed E-state index contributed by atoms with van der Waals surface area (Å²) >= 11 is 0. The molecule has 9 nitrogen and oxygen atoms in total. The number of hydrogen-bond donors (Lipinski definition) is 2. The molecule has 2 N–H and O–H groups in total. The largest absolute Gasteiger partial charge is 0.477 e. The Balaban J connectivity index is 1.72. The van der Waals surface area contributed by atoms with Gasteiger partial charge in [-0.25, -0.2) is 19.4 Å². The van der Waals surface area contributed by atoms with E-state index >= 15 is 0 Å². The summed E-state index contributed by atoms with van der Waals surface area (Å²) in [6.45, 7) is -0.261. The van der Waals surface area contributed by atoms with Crippen molar-refractivity contribution in [3.8, 4) is 11.5 Å². The Morgan fingerprint density at radius 1 is 1.26 bits per heavy atom. The Morgan fingerprint density at radius 2 is 2.13 bits per heavy atom. The fourth-order valence-corrected chi connectivity index (χ4v) is 1.92. The molecule has 3 heterocycles. The van der Waals surface area contributed by atoms with E-state index in [0.29, 0.717) is 11.5 Å². The molecule has 0 radical (unpaired) electrons. The molecule has 0 saturated carbocycles. The summed E-state index contributed by atoms with van der Waals surface area (Å²) in [4.78, 5) is 31.1. The van der Waals surface area contributed by atoms with E-state index in [1.165, 1.54) is 24.7 Å². The Kier molecular flexibility index (Phi) is 3.83. The van der Waals surface area contributed by atoms with E-state index in [-0.39, 0.29) is 18.2 Å². The summed E-state index contributed by atoms with van der Waals surface area (Å²) in [5, 5.41) is 15.3. The van der Waals surface area contributed by atoms with E-state index in [2.05, 4.69) is 20.4 Å². The quantitative estimate of drug-likeness (QED) is 0.727. The number of carboxylic acid groups (broad SMARTS) is 1. The summed E-state index contributed by atoms with van der Waals surface area (Å²) in [6, 6.07) is 6.41. The van der Waals surface area contributed by atoms with Crippen molar-refractivity contribution in [2.24, 2.45) is 0 Å². The second-order valence-corrected chi connectivity index (χ2v) is 4.47. The lowest BCUT2D eigenvalue weighted by Gasteiger charge is -2.06. The fraction of sp³-hybridized carbons (Fsp3) is 0.0714. The van der Waals surface area contributed by atoms with Gasteiger partial charge in [-0.1, -0.05) is 0 Å². The molecule has 23 heavy (non-hydrogen) atoms. The van der Waals surface area contributed by atoms with Gasteiger partial charge in [-0.2, -0.15) is 5.10 Å². The van der Waals surface area contributed by atoms with Gasteiger partial charge in [0.1, 0.15) is 17.9 Å². The first-order valence-electron chi connectivity index (χ1n) is 6.55. The highest BCUT2D eigenvalue weighted by Crippen LogP contribution is 2.17. The molecule has 0 atom stereocenters. The zero-order valence-electron chi connectivity index (χ0n) is 11.7. The molecular formula is C14H11N5O4. The van der Waals surface area contributed by atoms with Gasteiger partial charge in [0.2, 0.25) is 11.9 Å². The minimum absolute atomic E-state index is 0.0783. The van der Waals surface area contributed by atoms with E-state index < -0.39 is 11.9 Å². The molecule has 3 rings (SSSR count). The maximum atomic E-state index is 12.0. The van der Waals surface area contributed by atoms with E-state index in [1.807, 2.05) is 0 Å². The number of anilines is 1. The van der Waals surface area contributed by atoms with Gasteiger partial charge in [-0.3, -0.25) is 10.1 Å². The van der Waals surface area contributed by atoms with Crippen LogP contribution in [0.4, 0.5) is 5.95 Å². The van der Waals surface area contributed by atoms with Crippen LogP contribution in [0.15, 0.2) is 47.3 Å². The average Bonchev–Trinajstić information content (AvgIpc) is 3.18. The molecule has 0 fully saturated rings. The van der Waals surface area contributed by atoms with Crippen LogP contribution >= 0.6 is 0 Å². The number of aromatic nitrogens is 4. The van der Waals surface area contributed by atoms with Gasteiger partial charge in [0.05, 0.1) is 6.26 Å². The molecule has 9 heteroatoms. The third kappa shape index (κ3) is 3.23. The molecule has 0 saturated heterocycles. The van der Waals surface area contributed by atoms with Gasteiger partial charge in [0.15, 0.2) is 5.76 Å². The number of carboxylic acids is 1. The number of nitrogens with one attached hydrogen (secondary N) is 1. The molecule has 0 spiro atoms. The van der Waals surface area contributed by atoms with Crippen molar-refractivity contribution in [2.75, 3.05) is 5.32 Å². The van der Waals surface area contributed by atoms with Crippen LogP contribution in [-0.4, -0.2) is 36.7 Å². The summed E-state index contributed by atoms with van der Waals surface area (Å²) in [5.41, 5.74) is 0.441. The second-order valence-electron chi connectivity index (χ2n) is 4.47. The zero-order valence-corrected chi connectivity index (χ0v) is 11.7. The number of aromatic carboxylic acids is 1. The van der Waals surface area contributed by atoms with Crippen molar-refractivity contribution in [1.29, 1.82) is 0 Å². The highest BCUT2D eigenvalue weighted by atomic mass is 16.4. The maximum absolute atomic E-state index is 12.0. The Morgan fingerprint density at radius 3 is 2.87 bits per heavy atom. The van der Waals surface area contributed by atoms with Gasteiger partial charge in [-0.15, -0.1) is 0 Å². The topological polar surface area (TPSA) is 123 Å². The van der Waals surface area contributed by atoms with E-state index in [1.54, 1.807) is 18.2 Å². The number of amides is 1. The van der Waals surface area contributed by atoms with Crippen molar-refractivity contribution >= 4 is 17.8 Å². The normalized spacial score (nSPS) is 10.4. The van der Waals surface area contributed by atoms with E-state index in [0.717, 1.165) is 4.68 Å². The second kappa shape index (κ2) is 6.10. The van der Waals surface area contributed by atoms with Gasteiger partial charge in [-0.05, 0) is 24.3 Å². The average molecular weight is 313 g/mol. The standard InChI is InChI=1S/C14H11N5O4/c20-12(8-19-10(13(21)22)4-6-16-19)18-14-15-5-3-9(17-14)11-2-1-7-23-11/h1-7H,8H2,(H,21,22)(H,15,17,18,20). The first-order valence-corrected chi connectivity index (χ1v) is 6.55. The van der Waals surface area contributed by atoms with Gasteiger partial charge in [0, 0.05) is 12.4 Å². The predicted octanol–water partition coefficient (Wildman–Crippen LogP) is 1.27. The van der Waals surface area contributed by atoms with Gasteiger partial charge in [0.25, 0.3) is 0 Å². The first kappa shape index (κ1) is 14.4. The third-order valence-electron chi connectivity index (χ3n) is 2.91. The minimum Gasteiger partial charge on any atom is -0.477 e. The molecule has 116 valence electrons. The van der Waals surface area contributed by atoms with Crippen LogP contribution in [0.1, 0.15) is 10.5 Å². The molecule has 3 aromatic rings. The van der Waals surface area contributed by atoms with Crippen LogP contribution in [0.25, 0.3) is 11.5 Å². The first-order chi connectivity index (χ1) is 11.1. The van der Waals surface area contributed by atoms with Crippen LogP contribution < -0.4 is 5.32 Å². The number of rotatable bonds is 5. The molecule has 0 aliphatic rings. The number of hydrogen-bond acceptors (Lipinski definition) is 6. The van der Waals surface area contributed by atoms with Gasteiger partial charge < -0.3 is 9.52 Å². The predicted molar refractivity (Wildman–Crippen MR) is 77.6 cm³/mol. The molecule has 0 aliphatic carbocycles. The Hall–Kier alpha value is -3.49. The molecule has 0 aliphatic heterocycles. The monoisotopic (exact) mass is 313 g/mol. The van der Waals surface area contributed by atoms with Crippen molar-refractivity contribution in [2.45, 2.75) is 6.54 Å². The molecular weight excluding hydrogens is 302 g/mol. The van der Waals surface area contributed by atoms with E-state index in [9.17, 15) is 9.59 Å². The lowest BCUT2D eigenvalue weighted by molar-refractivity contribution is -0.117. The van der Waals surface area contributed by atoms with Crippen molar-refractivity contribution < 1.29 is 19.1 Å². The SMILES string of the molecule is O=C(Cn1nccc1C(=O)O)Nc1nccc(-c2ccco2)n1. The highest BCUT2D eigenvalue weighted by Gasteiger charge is 2.14. The molecule has 3 aromatic heterocycles. The van der Waals surface area contributed by atoms with Crippen LogP contribution in [0.5, 0.6) is 0 Å². The van der Waals surface area contributed by atoms with Crippen LogP contribution in [-0.2, 0) is 11.3 Å². The summed E-state index contributed by atoms with van der Waals surface area (Å²) in [6.07, 6.45) is 4.31. The smallest absolute Gasteiger partial charge is 0.354 e. The Labute approximate surface area is 129 Å². The van der Waals surface area contributed by atoms with Crippen molar-refractivity contribution in [3.05, 3.63) is 48.6 Å². The van der Waals surface area contributed by atoms with Crippen LogP contribution in [0.3, 0.4) is 0 Å². The van der Waals surface area contributed by atoms with Crippen LogP contribution in [0, 0.1) is 0 Å². The zero-order chi connectivity index (χ0) is 16.2. The van der Waals surface area contributed by atoms with Crippen molar-refractivity contribution in [1.82, 2.24) is 19.7 Å². The number of furan rings is 1. The molecule has 0 unspecified atom stereocenters. The summed E-state index contributed by atoms with van der Waals surface area (Å²) in [7, 11) is 0. The van der Waals surface area contributed by atoms with Crippen molar-refractivity contribution in [3.63, 3.8) is 0 Å². The third-order valence-corrected chi connectivity index (χ3v) is 2.91. The number of carbonyl (C=O) groups is 2. The fourth-order valence-electron chi connectivity index (χ4n) is 1.92. The van der Waals surface area contributed by atoms with Crippen LogP contribution in [0.2, 0.25) is 0 Å². The lowest BCUT2D eigenvalue weighted by atomic mass is 10.3. The highest BCUT2D eigenvalue weighted by molar-refractivity contribution is 5.90. The van der Waals surface area contributed by atoms with E-state index in [4.69, 9.17) is 9.52 Å².